The SMILES string of the molecule is COc1ccc(CC[C@@H]2O[C@@](C)(C(C)(C)C)OC2=O)cc1. The molecule has 1 heterocycles. The lowest BCUT2D eigenvalue weighted by Gasteiger charge is -2.35. The summed E-state index contributed by atoms with van der Waals surface area (Å²) in [5, 5.41) is 0. The minimum absolute atomic E-state index is 0.252. The third kappa shape index (κ3) is 3.38. The topological polar surface area (TPSA) is 44.8 Å². The normalized spacial score (nSPS) is 25.8. The van der Waals surface area contributed by atoms with Crippen LogP contribution in [-0.2, 0) is 20.7 Å². The first-order chi connectivity index (χ1) is 9.75. The Morgan fingerprint density at radius 1 is 1.24 bits per heavy atom. The Kier molecular flexibility index (Phi) is 4.28. The van der Waals surface area contributed by atoms with Crippen LogP contribution in [0.1, 0.15) is 39.7 Å². The lowest BCUT2D eigenvalue weighted by Crippen LogP contribution is -2.41. The number of esters is 1. The zero-order valence-corrected chi connectivity index (χ0v) is 13.4. The molecule has 0 saturated carbocycles. The average Bonchev–Trinajstić information content (AvgIpc) is 2.72. The summed E-state index contributed by atoms with van der Waals surface area (Å²) in [6, 6.07) is 7.84. The molecule has 0 aliphatic carbocycles. The van der Waals surface area contributed by atoms with Crippen molar-refractivity contribution < 1.29 is 19.0 Å². The van der Waals surface area contributed by atoms with Crippen LogP contribution in [0.3, 0.4) is 0 Å². The van der Waals surface area contributed by atoms with E-state index in [1.165, 1.54) is 0 Å². The van der Waals surface area contributed by atoms with E-state index in [2.05, 4.69) is 0 Å². The molecule has 1 aromatic carbocycles. The molecule has 2 atom stereocenters. The highest BCUT2D eigenvalue weighted by molar-refractivity contribution is 5.76. The third-order valence-electron chi connectivity index (χ3n) is 4.14. The van der Waals surface area contributed by atoms with Gasteiger partial charge in [0.15, 0.2) is 6.10 Å². The van der Waals surface area contributed by atoms with Crippen LogP contribution >= 0.6 is 0 Å². The fourth-order valence-corrected chi connectivity index (χ4v) is 2.20. The molecule has 0 amide bonds. The molecule has 116 valence electrons. The second kappa shape index (κ2) is 5.68. The van der Waals surface area contributed by atoms with E-state index >= 15 is 0 Å². The summed E-state index contributed by atoms with van der Waals surface area (Å²) >= 11 is 0. The lowest BCUT2D eigenvalue weighted by molar-refractivity contribution is -0.218. The Hall–Kier alpha value is -1.55. The predicted molar refractivity (Wildman–Crippen MR) is 80.1 cm³/mol. The molecule has 1 aliphatic heterocycles. The van der Waals surface area contributed by atoms with Crippen LogP contribution in [0.4, 0.5) is 0 Å². The number of cyclic esters (lactones) is 1. The van der Waals surface area contributed by atoms with E-state index in [0.717, 1.165) is 17.7 Å². The van der Waals surface area contributed by atoms with Crippen molar-refractivity contribution in [3.63, 3.8) is 0 Å². The lowest BCUT2D eigenvalue weighted by atomic mass is 9.87. The summed E-state index contributed by atoms with van der Waals surface area (Å²) < 4.78 is 16.5. The number of benzene rings is 1. The standard InChI is InChI=1S/C17H24O4/c1-16(2,3)17(4)20-14(15(18)21-17)11-8-12-6-9-13(19-5)10-7-12/h6-7,9-10,14H,8,11H2,1-5H3/t14-,17+/m0/s1. The summed E-state index contributed by atoms with van der Waals surface area (Å²) in [5.74, 6) is -0.286. The maximum atomic E-state index is 12.0. The Balaban J connectivity index is 1.96. The monoisotopic (exact) mass is 292 g/mol. The number of carbonyl (C=O) groups excluding carboxylic acids is 1. The summed E-state index contributed by atoms with van der Waals surface area (Å²) in [7, 11) is 1.64. The first kappa shape index (κ1) is 15.8. The van der Waals surface area contributed by atoms with E-state index in [0.29, 0.717) is 6.42 Å². The first-order valence-corrected chi connectivity index (χ1v) is 7.29. The predicted octanol–water partition coefficient (Wildman–Crippen LogP) is 3.33. The number of carbonyl (C=O) groups is 1. The van der Waals surface area contributed by atoms with Gasteiger partial charge < -0.3 is 14.2 Å². The van der Waals surface area contributed by atoms with Crippen LogP contribution < -0.4 is 4.74 Å². The molecule has 21 heavy (non-hydrogen) atoms. The van der Waals surface area contributed by atoms with Crippen molar-refractivity contribution in [2.24, 2.45) is 5.41 Å². The van der Waals surface area contributed by atoms with E-state index in [1.54, 1.807) is 7.11 Å². The highest BCUT2D eigenvalue weighted by atomic mass is 16.8. The van der Waals surface area contributed by atoms with Gasteiger partial charge in [0.2, 0.25) is 5.79 Å². The smallest absolute Gasteiger partial charge is 0.337 e. The second-order valence-corrected chi connectivity index (χ2v) is 6.61. The van der Waals surface area contributed by atoms with Crippen LogP contribution in [0.15, 0.2) is 24.3 Å². The van der Waals surface area contributed by atoms with Gasteiger partial charge in [-0.3, -0.25) is 0 Å². The van der Waals surface area contributed by atoms with Gasteiger partial charge in [-0.05, 0) is 30.5 Å². The van der Waals surface area contributed by atoms with Crippen LogP contribution in [0.5, 0.6) is 5.75 Å². The third-order valence-corrected chi connectivity index (χ3v) is 4.14. The molecule has 0 spiro atoms. The van der Waals surface area contributed by atoms with Gasteiger partial charge in [-0.2, -0.15) is 0 Å². The largest absolute Gasteiger partial charge is 0.497 e. The van der Waals surface area contributed by atoms with Crippen molar-refractivity contribution in [3.8, 4) is 5.75 Å². The van der Waals surface area contributed by atoms with Gasteiger partial charge in [0.05, 0.1) is 7.11 Å². The van der Waals surface area contributed by atoms with E-state index in [4.69, 9.17) is 14.2 Å². The number of ether oxygens (including phenoxy) is 3. The van der Waals surface area contributed by atoms with Gasteiger partial charge in [0, 0.05) is 12.3 Å². The molecule has 1 saturated heterocycles. The van der Waals surface area contributed by atoms with Crippen molar-refractivity contribution in [2.75, 3.05) is 7.11 Å². The fourth-order valence-electron chi connectivity index (χ4n) is 2.20. The molecule has 0 radical (unpaired) electrons. The Morgan fingerprint density at radius 2 is 1.86 bits per heavy atom. The molecule has 2 rings (SSSR count). The molecule has 4 heteroatoms. The first-order valence-electron chi connectivity index (χ1n) is 7.29. The summed E-state index contributed by atoms with van der Waals surface area (Å²) in [5.41, 5.74) is 0.897. The highest BCUT2D eigenvalue weighted by Gasteiger charge is 2.51. The fraction of sp³-hybridized carbons (Fsp3) is 0.588. The average molecular weight is 292 g/mol. The summed E-state index contributed by atoms with van der Waals surface area (Å²) in [6.45, 7) is 7.85. The maximum absolute atomic E-state index is 12.0. The zero-order chi connectivity index (χ0) is 15.7. The second-order valence-electron chi connectivity index (χ2n) is 6.61. The van der Waals surface area contributed by atoms with Gasteiger partial charge >= 0.3 is 5.97 Å². The van der Waals surface area contributed by atoms with Crippen LogP contribution in [-0.4, -0.2) is 25.0 Å². The van der Waals surface area contributed by atoms with Crippen LogP contribution in [0.2, 0.25) is 0 Å². The number of hydrogen-bond acceptors (Lipinski definition) is 4. The van der Waals surface area contributed by atoms with E-state index in [-0.39, 0.29) is 11.4 Å². The Bertz CT molecular complexity index is 501. The van der Waals surface area contributed by atoms with Crippen molar-refractivity contribution in [2.45, 2.75) is 52.4 Å². The zero-order valence-electron chi connectivity index (χ0n) is 13.4. The van der Waals surface area contributed by atoms with Crippen molar-refractivity contribution >= 4 is 5.97 Å². The van der Waals surface area contributed by atoms with Crippen molar-refractivity contribution in [1.29, 1.82) is 0 Å². The maximum Gasteiger partial charge on any atom is 0.337 e. The summed E-state index contributed by atoms with van der Waals surface area (Å²) in [4.78, 5) is 12.0. The van der Waals surface area contributed by atoms with Gasteiger partial charge in [-0.25, -0.2) is 4.79 Å². The highest BCUT2D eigenvalue weighted by Crippen LogP contribution is 2.40. The van der Waals surface area contributed by atoms with Gasteiger partial charge in [0.1, 0.15) is 5.75 Å². The van der Waals surface area contributed by atoms with Crippen LogP contribution in [0, 0.1) is 5.41 Å². The minimum atomic E-state index is -0.853. The van der Waals surface area contributed by atoms with Gasteiger partial charge in [-0.1, -0.05) is 32.9 Å². The Labute approximate surface area is 126 Å². The van der Waals surface area contributed by atoms with Crippen LogP contribution in [0.25, 0.3) is 0 Å². The van der Waals surface area contributed by atoms with E-state index in [1.807, 2.05) is 52.0 Å². The summed E-state index contributed by atoms with van der Waals surface area (Å²) in [6.07, 6.45) is 0.900. The Morgan fingerprint density at radius 3 is 2.33 bits per heavy atom. The number of methoxy groups -OCH3 is 1. The van der Waals surface area contributed by atoms with Gasteiger partial charge in [0.25, 0.3) is 0 Å². The number of aryl methyl sites for hydroxylation is 1. The molecule has 0 aromatic heterocycles. The molecular weight excluding hydrogens is 268 g/mol. The molecule has 1 aromatic rings. The van der Waals surface area contributed by atoms with Crippen molar-refractivity contribution in [3.05, 3.63) is 29.8 Å². The minimum Gasteiger partial charge on any atom is -0.497 e. The molecule has 0 N–H and O–H groups in total. The quantitative estimate of drug-likeness (QED) is 0.798. The van der Waals surface area contributed by atoms with E-state index in [9.17, 15) is 4.79 Å². The molecule has 0 unspecified atom stereocenters. The molecule has 1 aliphatic rings. The number of hydrogen-bond donors (Lipinski definition) is 0. The molecular formula is C17H24O4. The van der Waals surface area contributed by atoms with Crippen molar-refractivity contribution in [1.82, 2.24) is 0 Å². The molecule has 4 nitrogen and oxygen atoms in total. The molecule has 0 bridgehead atoms. The van der Waals surface area contributed by atoms with E-state index < -0.39 is 11.9 Å². The number of rotatable bonds is 4. The van der Waals surface area contributed by atoms with Gasteiger partial charge in [-0.15, -0.1) is 0 Å². The molecule has 1 fully saturated rings.